The van der Waals surface area contributed by atoms with Crippen molar-refractivity contribution in [2.75, 3.05) is 52.4 Å². The van der Waals surface area contributed by atoms with Crippen LogP contribution in [0.1, 0.15) is 40.0 Å². The van der Waals surface area contributed by atoms with E-state index in [4.69, 9.17) is 0 Å². The van der Waals surface area contributed by atoms with Gasteiger partial charge in [0.05, 0.1) is 6.61 Å². The number of hydrogen-bond acceptors (Lipinski definition) is 4. The van der Waals surface area contributed by atoms with Crippen molar-refractivity contribution >= 4 is 0 Å². The summed E-state index contributed by atoms with van der Waals surface area (Å²) in [6, 6.07) is 0. The summed E-state index contributed by atoms with van der Waals surface area (Å²) in [5.74, 6) is 0. The third-order valence-electron chi connectivity index (χ3n) is 4.16. The van der Waals surface area contributed by atoms with Gasteiger partial charge in [0, 0.05) is 31.7 Å². The summed E-state index contributed by atoms with van der Waals surface area (Å²) in [5.41, 5.74) is -0.0984. The molecule has 0 radical (unpaired) electrons. The first-order valence-corrected chi connectivity index (χ1v) is 7.94. The van der Waals surface area contributed by atoms with Crippen LogP contribution >= 0.6 is 0 Å². The van der Waals surface area contributed by atoms with Gasteiger partial charge in [0.1, 0.15) is 0 Å². The Balaban J connectivity index is 2.16. The van der Waals surface area contributed by atoms with Crippen LogP contribution < -0.4 is 5.32 Å². The van der Waals surface area contributed by atoms with Crippen molar-refractivity contribution in [2.45, 2.75) is 45.6 Å². The minimum atomic E-state index is -0.0984. The zero-order chi connectivity index (χ0) is 14.1. The Morgan fingerprint density at radius 2 is 1.63 bits per heavy atom. The quantitative estimate of drug-likeness (QED) is 0.660. The molecule has 0 aliphatic carbocycles. The van der Waals surface area contributed by atoms with Gasteiger partial charge in [-0.2, -0.15) is 0 Å². The van der Waals surface area contributed by atoms with E-state index in [1.165, 1.54) is 45.7 Å². The van der Waals surface area contributed by atoms with E-state index in [1.807, 2.05) is 0 Å². The maximum Gasteiger partial charge on any atom is 0.0610 e. The molecule has 1 fully saturated rings. The van der Waals surface area contributed by atoms with Crippen molar-refractivity contribution in [2.24, 2.45) is 0 Å². The van der Waals surface area contributed by atoms with E-state index in [1.54, 1.807) is 0 Å². The van der Waals surface area contributed by atoms with Gasteiger partial charge in [0.2, 0.25) is 0 Å². The lowest BCUT2D eigenvalue weighted by Gasteiger charge is -2.35. The van der Waals surface area contributed by atoms with Gasteiger partial charge in [-0.1, -0.05) is 13.8 Å². The minimum absolute atomic E-state index is 0.0984. The lowest BCUT2D eigenvalue weighted by Crippen LogP contribution is -2.48. The van der Waals surface area contributed by atoms with E-state index in [0.717, 1.165) is 19.4 Å². The molecular formula is C15H33N3O. The lowest BCUT2D eigenvalue weighted by molar-refractivity contribution is 0.121. The van der Waals surface area contributed by atoms with Gasteiger partial charge < -0.3 is 20.2 Å². The molecule has 1 unspecified atom stereocenters. The van der Waals surface area contributed by atoms with Gasteiger partial charge in [0.15, 0.2) is 0 Å². The van der Waals surface area contributed by atoms with Gasteiger partial charge >= 0.3 is 0 Å². The summed E-state index contributed by atoms with van der Waals surface area (Å²) in [4.78, 5) is 5.13. The zero-order valence-corrected chi connectivity index (χ0v) is 13.1. The Kier molecular flexibility index (Phi) is 7.91. The summed E-state index contributed by atoms with van der Waals surface area (Å²) in [6.45, 7) is 14.9. The third-order valence-corrected chi connectivity index (χ3v) is 4.16. The van der Waals surface area contributed by atoms with Crippen LogP contribution in [0.15, 0.2) is 0 Å². The molecule has 0 saturated carbocycles. The lowest BCUT2D eigenvalue weighted by atomic mass is 9.96. The SMILES string of the molecule is CCCN1CCN(CCCC(C)(CO)NCC)CC1. The Labute approximate surface area is 119 Å². The molecule has 1 aliphatic rings. The van der Waals surface area contributed by atoms with Crippen LogP contribution in [0.3, 0.4) is 0 Å². The second kappa shape index (κ2) is 8.90. The van der Waals surface area contributed by atoms with Gasteiger partial charge in [-0.25, -0.2) is 0 Å². The molecule has 2 N–H and O–H groups in total. The molecule has 4 heteroatoms. The molecule has 0 aromatic heterocycles. The highest BCUT2D eigenvalue weighted by Crippen LogP contribution is 2.13. The predicted molar refractivity (Wildman–Crippen MR) is 81.6 cm³/mol. The molecule has 114 valence electrons. The first kappa shape index (κ1) is 16.9. The number of piperazine rings is 1. The van der Waals surface area contributed by atoms with E-state index in [-0.39, 0.29) is 12.1 Å². The van der Waals surface area contributed by atoms with E-state index in [9.17, 15) is 5.11 Å². The van der Waals surface area contributed by atoms with Crippen LogP contribution in [-0.2, 0) is 0 Å². The predicted octanol–water partition coefficient (Wildman–Crippen LogP) is 1.15. The van der Waals surface area contributed by atoms with Crippen molar-refractivity contribution in [1.82, 2.24) is 15.1 Å². The number of likely N-dealkylation sites (N-methyl/N-ethyl adjacent to an activating group) is 1. The van der Waals surface area contributed by atoms with Crippen molar-refractivity contribution < 1.29 is 5.11 Å². The van der Waals surface area contributed by atoms with Crippen LogP contribution in [0.25, 0.3) is 0 Å². The standard InChI is InChI=1S/C15H33N3O/c1-4-8-17-10-12-18(13-11-17)9-6-7-15(3,14-19)16-5-2/h16,19H,4-14H2,1-3H3. The van der Waals surface area contributed by atoms with E-state index in [0.29, 0.717) is 0 Å². The van der Waals surface area contributed by atoms with Crippen molar-refractivity contribution in [3.05, 3.63) is 0 Å². The largest absolute Gasteiger partial charge is 0.394 e. The highest BCUT2D eigenvalue weighted by molar-refractivity contribution is 4.82. The highest BCUT2D eigenvalue weighted by Gasteiger charge is 2.22. The molecule has 0 aromatic rings. The first-order chi connectivity index (χ1) is 9.13. The number of hydrogen-bond donors (Lipinski definition) is 2. The molecule has 0 aromatic carbocycles. The maximum atomic E-state index is 9.46. The molecule has 0 bridgehead atoms. The topological polar surface area (TPSA) is 38.7 Å². The third kappa shape index (κ3) is 6.21. The monoisotopic (exact) mass is 271 g/mol. The summed E-state index contributed by atoms with van der Waals surface area (Å²) in [6.07, 6.45) is 3.47. The first-order valence-electron chi connectivity index (χ1n) is 7.94. The second-order valence-corrected chi connectivity index (χ2v) is 6.04. The molecule has 1 atom stereocenters. The van der Waals surface area contributed by atoms with Gasteiger partial charge in [-0.15, -0.1) is 0 Å². The fourth-order valence-corrected chi connectivity index (χ4v) is 2.90. The molecular weight excluding hydrogens is 238 g/mol. The van der Waals surface area contributed by atoms with Crippen LogP contribution in [-0.4, -0.2) is 72.9 Å². The molecule has 1 heterocycles. The normalized spacial score (nSPS) is 21.5. The van der Waals surface area contributed by atoms with Crippen LogP contribution in [0.2, 0.25) is 0 Å². The van der Waals surface area contributed by atoms with Crippen molar-refractivity contribution in [3.63, 3.8) is 0 Å². The number of aliphatic hydroxyl groups excluding tert-OH is 1. The highest BCUT2D eigenvalue weighted by atomic mass is 16.3. The summed E-state index contributed by atoms with van der Waals surface area (Å²) >= 11 is 0. The van der Waals surface area contributed by atoms with Crippen LogP contribution in [0, 0.1) is 0 Å². The summed E-state index contributed by atoms with van der Waals surface area (Å²) < 4.78 is 0. The van der Waals surface area contributed by atoms with Crippen molar-refractivity contribution in [1.29, 1.82) is 0 Å². The number of aliphatic hydroxyl groups is 1. The molecule has 1 saturated heterocycles. The average Bonchev–Trinajstić information content (AvgIpc) is 2.41. The number of nitrogens with zero attached hydrogens (tertiary/aromatic N) is 2. The Hall–Kier alpha value is -0.160. The molecule has 0 amide bonds. The summed E-state index contributed by atoms with van der Waals surface area (Å²) in [7, 11) is 0. The van der Waals surface area contributed by atoms with Gasteiger partial charge in [-0.05, 0) is 45.8 Å². The van der Waals surface area contributed by atoms with Crippen LogP contribution in [0.4, 0.5) is 0 Å². The van der Waals surface area contributed by atoms with Crippen LogP contribution in [0.5, 0.6) is 0 Å². The number of rotatable bonds is 9. The Morgan fingerprint density at radius 1 is 1.05 bits per heavy atom. The smallest absolute Gasteiger partial charge is 0.0610 e. The van der Waals surface area contributed by atoms with Gasteiger partial charge in [0.25, 0.3) is 0 Å². The molecule has 1 aliphatic heterocycles. The molecule has 0 spiro atoms. The van der Waals surface area contributed by atoms with Crippen molar-refractivity contribution in [3.8, 4) is 0 Å². The maximum absolute atomic E-state index is 9.46. The Morgan fingerprint density at radius 3 is 2.11 bits per heavy atom. The zero-order valence-electron chi connectivity index (χ0n) is 13.1. The van der Waals surface area contributed by atoms with E-state index < -0.39 is 0 Å². The minimum Gasteiger partial charge on any atom is -0.394 e. The molecule has 19 heavy (non-hydrogen) atoms. The summed E-state index contributed by atoms with van der Waals surface area (Å²) in [5, 5.41) is 12.9. The molecule has 4 nitrogen and oxygen atoms in total. The Bertz CT molecular complexity index is 229. The fraction of sp³-hybridized carbons (Fsp3) is 1.00. The van der Waals surface area contributed by atoms with E-state index in [2.05, 4.69) is 35.9 Å². The van der Waals surface area contributed by atoms with Gasteiger partial charge in [-0.3, -0.25) is 0 Å². The number of nitrogens with one attached hydrogen (secondary N) is 1. The molecule has 1 rings (SSSR count). The second-order valence-electron chi connectivity index (χ2n) is 6.04. The average molecular weight is 271 g/mol. The van der Waals surface area contributed by atoms with E-state index >= 15 is 0 Å². The fourth-order valence-electron chi connectivity index (χ4n) is 2.90.